The summed E-state index contributed by atoms with van der Waals surface area (Å²) in [6.07, 6.45) is 0.546. The first-order valence-corrected chi connectivity index (χ1v) is 5.94. The van der Waals surface area contributed by atoms with E-state index >= 15 is 0 Å². The van der Waals surface area contributed by atoms with Gasteiger partial charge in [0, 0.05) is 13.0 Å². The fourth-order valence-corrected chi connectivity index (χ4v) is 1.88. The molecule has 0 amide bonds. The van der Waals surface area contributed by atoms with Crippen molar-refractivity contribution in [3.05, 3.63) is 26.7 Å². The Bertz CT molecular complexity index is 664. The lowest BCUT2D eigenvalue weighted by atomic mass is 10.2. The van der Waals surface area contributed by atoms with Gasteiger partial charge in [0.15, 0.2) is 5.65 Å². The van der Waals surface area contributed by atoms with Gasteiger partial charge < -0.3 is 10.7 Å². The maximum absolute atomic E-state index is 11.8. The standard InChI is InChI=1S/C11H17N5O2/c1-6(2)5-16-9-8(10(17)15-11(16)18)13-7(14-9)3-4-12/h6H,3-5,12H2,1-2H3,(H,13,14)(H,15,17,18). The molecule has 0 radical (unpaired) electrons. The third-order valence-corrected chi connectivity index (χ3v) is 2.61. The molecule has 0 fully saturated rings. The first-order valence-electron chi connectivity index (χ1n) is 5.94. The molecular weight excluding hydrogens is 234 g/mol. The number of hydrogen-bond acceptors (Lipinski definition) is 4. The predicted molar refractivity (Wildman–Crippen MR) is 68.6 cm³/mol. The molecule has 2 aromatic rings. The number of hydrogen-bond donors (Lipinski definition) is 3. The summed E-state index contributed by atoms with van der Waals surface area (Å²) in [5, 5.41) is 0. The summed E-state index contributed by atoms with van der Waals surface area (Å²) in [6.45, 7) is 4.94. The molecule has 4 N–H and O–H groups in total. The Kier molecular flexibility index (Phi) is 3.33. The van der Waals surface area contributed by atoms with Crippen molar-refractivity contribution in [1.82, 2.24) is 19.5 Å². The molecule has 7 heteroatoms. The zero-order chi connectivity index (χ0) is 13.3. The van der Waals surface area contributed by atoms with Gasteiger partial charge in [0.25, 0.3) is 5.56 Å². The summed E-state index contributed by atoms with van der Waals surface area (Å²) in [5.74, 6) is 0.910. The van der Waals surface area contributed by atoms with Crippen molar-refractivity contribution in [2.75, 3.05) is 6.54 Å². The quantitative estimate of drug-likeness (QED) is 0.684. The molecule has 0 unspecified atom stereocenters. The van der Waals surface area contributed by atoms with E-state index in [-0.39, 0.29) is 5.92 Å². The Labute approximate surface area is 103 Å². The van der Waals surface area contributed by atoms with Gasteiger partial charge in [-0.05, 0) is 12.5 Å². The molecule has 98 valence electrons. The number of fused-ring (bicyclic) bond motifs is 1. The summed E-state index contributed by atoms with van der Waals surface area (Å²) in [5.41, 5.74) is 5.33. The molecule has 0 aromatic carbocycles. The van der Waals surface area contributed by atoms with Crippen molar-refractivity contribution >= 4 is 11.2 Å². The fraction of sp³-hybridized carbons (Fsp3) is 0.545. The van der Waals surface area contributed by atoms with Crippen LogP contribution in [-0.4, -0.2) is 26.1 Å². The first kappa shape index (κ1) is 12.6. The van der Waals surface area contributed by atoms with E-state index in [2.05, 4.69) is 15.0 Å². The number of nitrogens with one attached hydrogen (secondary N) is 2. The second-order valence-corrected chi connectivity index (χ2v) is 4.68. The van der Waals surface area contributed by atoms with Gasteiger partial charge in [-0.1, -0.05) is 13.8 Å². The highest BCUT2D eigenvalue weighted by Crippen LogP contribution is 2.07. The molecule has 2 heterocycles. The maximum Gasteiger partial charge on any atom is 0.330 e. The van der Waals surface area contributed by atoms with Crippen molar-refractivity contribution in [3.63, 3.8) is 0 Å². The summed E-state index contributed by atoms with van der Waals surface area (Å²) < 4.78 is 1.48. The molecule has 0 saturated heterocycles. The minimum absolute atomic E-state index is 0.284. The summed E-state index contributed by atoms with van der Waals surface area (Å²) in [6, 6.07) is 0. The van der Waals surface area contributed by atoms with Crippen LogP contribution in [0.5, 0.6) is 0 Å². The third-order valence-electron chi connectivity index (χ3n) is 2.61. The van der Waals surface area contributed by atoms with E-state index in [0.717, 1.165) is 0 Å². The minimum atomic E-state index is -0.439. The number of rotatable bonds is 4. The zero-order valence-electron chi connectivity index (χ0n) is 10.5. The molecule has 2 aromatic heterocycles. The van der Waals surface area contributed by atoms with Crippen molar-refractivity contribution in [1.29, 1.82) is 0 Å². The van der Waals surface area contributed by atoms with Gasteiger partial charge in [-0.3, -0.25) is 14.3 Å². The van der Waals surface area contributed by atoms with Gasteiger partial charge in [-0.25, -0.2) is 9.78 Å². The summed E-state index contributed by atoms with van der Waals surface area (Å²) in [4.78, 5) is 33.0. The molecule has 0 aliphatic heterocycles. The van der Waals surface area contributed by atoms with Crippen LogP contribution in [0.25, 0.3) is 11.2 Å². The molecular formula is C11H17N5O2. The highest BCUT2D eigenvalue weighted by molar-refractivity contribution is 5.69. The molecule has 7 nitrogen and oxygen atoms in total. The van der Waals surface area contributed by atoms with Gasteiger partial charge in [0.2, 0.25) is 0 Å². The van der Waals surface area contributed by atoms with Gasteiger partial charge in [-0.2, -0.15) is 0 Å². The van der Waals surface area contributed by atoms with Crippen molar-refractivity contribution < 1.29 is 0 Å². The Morgan fingerprint density at radius 1 is 1.33 bits per heavy atom. The average molecular weight is 251 g/mol. The smallest absolute Gasteiger partial charge is 0.330 e. The molecule has 0 aliphatic carbocycles. The van der Waals surface area contributed by atoms with Crippen LogP contribution in [0.2, 0.25) is 0 Å². The summed E-state index contributed by atoms with van der Waals surface area (Å²) >= 11 is 0. The topological polar surface area (TPSA) is 110 Å². The monoisotopic (exact) mass is 251 g/mol. The van der Waals surface area contributed by atoms with Crippen LogP contribution in [0.1, 0.15) is 19.7 Å². The number of aromatic amines is 2. The number of aromatic nitrogens is 4. The maximum atomic E-state index is 11.8. The van der Waals surface area contributed by atoms with Crippen LogP contribution in [0.3, 0.4) is 0 Å². The highest BCUT2D eigenvalue weighted by Gasteiger charge is 2.13. The van der Waals surface area contributed by atoms with E-state index in [0.29, 0.717) is 36.5 Å². The van der Waals surface area contributed by atoms with Gasteiger partial charge in [-0.15, -0.1) is 0 Å². The Balaban J connectivity index is 2.68. The van der Waals surface area contributed by atoms with E-state index in [1.54, 1.807) is 0 Å². The number of nitrogens with two attached hydrogens (primary N) is 1. The normalized spacial score (nSPS) is 11.6. The number of H-pyrrole nitrogens is 2. The predicted octanol–water partition coefficient (Wildman–Crippen LogP) is -0.430. The van der Waals surface area contributed by atoms with Gasteiger partial charge in [0.05, 0.1) is 0 Å². The Morgan fingerprint density at radius 2 is 2.06 bits per heavy atom. The molecule has 0 saturated carbocycles. The lowest BCUT2D eigenvalue weighted by Crippen LogP contribution is -2.31. The van der Waals surface area contributed by atoms with E-state index in [9.17, 15) is 9.59 Å². The van der Waals surface area contributed by atoms with Crippen LogP contribution in [0.15, 0.2) is 9.59 Å². The average Bonchev–Trinajstić information content (AvgIpc) is 2.69. The van der Waals surface area contributed by atoms with Crippen LogP contribution in [0.4, 0.5) is 0 Å². The SMILES string of the molecule is CC(C)Cn1c(=O)[nH]c(=O)c2[nH]c(CCN)nc21. The number of imidazole rings is 1. The third kappa shape index (κ3) is 2.21. The molecule has 0 aliphatic rings. The second kappa shape index (κ2) is 4.77. The van der Waals surface area contributed by atoms with Crippen molar-refractivity contribution in [3.8, 4) is 0 Å². The molecule has 0 spiro atoms. The lowest BCUT2D eigenvalue weighted by Gasteiger charge is -2.07. The molecule has 18 heavy (non-hydrogen) atoms. The van der Waals surface area contributed by atoms with Crippen LogP contribution in [-0.2, 0) is 13.0 Å². The van der Waals surface area contributed by atoms with Crippen LogP contribution >= 0.6 is 0 Å². The Hall–Kier alpha value is -1.89. The second-order valence-electron chi connectivity index (χ2n) is 4.68. The van der Waals surface area contributed by atoms with Crippen LogP contribution < -0.4 is 17.0 Å². The van der Waals surface area contributed by atoms with E-state index in [1.807, 2.05) is 13.8 Å². The fourth-order valence-electron chi connectivity index (χ4n) is 1.88. The minimum Gasteiger partial charge on any atom is -0.336 e. The Morgan fingerprint density at radius 3 is 2.67 bits per heavy atom. The first-order chi connectivity index (χ1) is 8.52. The van der Waals surface area contributed by atoms with Crippen molar-refractivity contribution in [2.45, 2.75) is 26.8 Å². The lowest BCUT2D eigenvalue weighted by molar-refractivity contribution is 0.513. The van der Waals surface area contributed by atoms with Gasteiger partial charge in [0.1, 0.15) is 11.3 Å². The summed E-state index contributed by atoms with van der Waals surface area (Å²) in [7, 11) is 0. The zero-order valence-corrected chi connectivity index (χ0v) is 10.5. The van der Waals surface area contributed by atoms with Crippen LogP contribution in [0, 0.1) is 5.92 Å². The number of nitrogens with zero attached hydrogens (tertiary/aromatic N) is 2. The van der Waals surface area contributed by atoms with Gasteiger partial charge >= 0.3 is 5.69 Å². The molecule has 2 rings (SSSR count). The van der Waals surface area contributed by atoms with E-state index in [1.165, 1.54) is 4.57 Å². The molecule has 0 atom stereocenters. The van der Waals surface area contributed by atoms with E-state index < -0.39 is 11.2 Å². The highest BCUT2D eigenvalue weighted by atomic mass is 16.2. The van der Waals surface area contributed by atoms with E-state index in [4.69, 9.17) is 5.73 Å². The largest absolute Gasteiger partial charge is 0.336 e. The van der Waals surface area contributed by atoms with Crippen molar-refractivity contribution in [2.24, 2.45) is 11.7 Å². The molecule has 0 bridgehead atoms.